The molecule has 0 radical (unpaired) electrons. The normalized spacial score (nSPS) is 22.6. The highest BCUT2D eigenvalue weighted by Crippen LogP contribution is 2.35. The van der Waals surface area contributed by atoms with E-state index in [4.69, 9.17) is 0 Å². The number of nitrogens with zero attached hydrogens (tertiary/aromatic N) is 2. The lowest BCUT2D eigenvalue weighted by Gasteiger charge is -2.24. The Kier molecular flexibility index (Phi) is 5.95. The highest BCUT2D eigenvalue weighted by Gasteiger charge is 2.37. The van der Waals surface area contributed by atoms with Gasteiger partial charge < -0.3 is 9.80 Å². The van der Waals surface area contributed by atoms with E-state index in [1.165, 1.54) is 16.7 Å². The van der Waals surface area contributed by atoms with Crippen molar-refractivity contribution < 1.29 is 9.59 Å². The van der Waals surface area contributed by atoms with Crippen LogP contribution >= 0.6 is 11.8 Å². The van der Waals surface area contributed by atoms with E-state index in [0.717, 1.165) is 31.0 Å². The molecule has 2 fully saturated rings. The van der Waals surface area contributed by atoms with E-state index in [-0.39, 0.29) is 17.7 Å². The van der Waals surface area contributed by atoms with Gasteiger partial charge in [0.25, 0.3) is 0 Å². The summed E-state index contributed by atoms with van der Waals surface area (Å²) in [5.74, 6) is 0.895. The quantitative estimate of drug-likeness (QED) is 0.758. The van der Waals surface area contributed by atoms with E-state index in [9.17, 15) is 9.59 Å². The molecule has 0 N–H and O–H groups in total. The average Bonchev–Trinajstić information content (AvgIpc) is 2.96. The van der Waals surface area contributed by atoms with Gasteiger partial charge in [0.05, 0.1) is 5.92 Å². The maximum absolute atomic E-state index is 13.2. The minimum Gasteiger partial charge on any atom is -0.342 e. The van der Waals surface area contributed by atoms with Crippen molar-refractivity contribution in [2.75, 3.05) is 30.3 Å². The summed E-state index contributed by atoms with van der Waals surface area (Å²) in [5.41, 5.74) is 4.62. The first-order valence-electron chi connectivity index (χ1n) is 10.4. The Morgan fingerprint density at radius 2 is 1.83 bits per heavy atom. The van der Waals surface area contributed by atoms with Crippen LogP contribution in [0.25, 0.3) is 0 Å². The summed E-state index contributed by atoms with van der Waals surface area (Å²) in [4.78, 5) is 29.6. The molecule has 4 rings (SSSR count). The van der Waals surface area contributed by atoms with Crippen molar-refractivity contribution in [3.05, 3.63) is 65.2 Å². The van der Waals surface area contributed by atoms with Crippen molar-refractivity contribution >= 4 is 29.3 Å². The van der Waals surface area contributed by atoms with Gasteiger partial charge in [-0.15, -0.1) is 0 Å². The second-order valence-electron chi connectivity index (χ2n) is 8.06. The number of hydrogen-bond acceptors (Lipinski definition) is 3. The molecule has 2 aromatic rings. The third kappa shape index (κ3) is 4.35. The fourth-order valence-electron chi connectivity index (χ4n) is 4.20. The molecule has 2 atom stereocenters. The van der Waals surface area contributed by atoms with Gasteiger partial charge >= 0.3 is 0 Å². The smallest absolute Gasteiger partial charge is 0.228 e. The monoisotopic (exact) mass is 408 g/mol. The SMILES string of the molecule is Cc1ccc(N2CC(C(=O)N3CCSC(c4ccccc4)CC3)CC2=O)cc1C. The fraction of sp³-hybridized carbons (Fsp3) is 0.417. The van der Waals surface area contributed by atoms with Gasteiger partial charge in [0, 0.05) is 42.7 Å². The Morgan fingerprint density at radius 3 is 2.59 bits per heavy atom. The van der Waals surface area contributed by atoms with Crippen LogP contribution in [0, 0.1) is 19.8 Å². The maximum Gasteiger partial charge on any atom is 0.228 e. The molecule has 4 nitrogen and oxygen atoms in total. The largest absolute Gasteiger partial charge is 0.342 e. The molecular formula is C24H28N2O2S. The highest BCUT2D eigenvalue weighted by molar-refractivity contribution is 7.99. The van der Waals surface area contributed by atoms with E-state index in [2.05, 4.69) is 38.1 Å². The Labute approximate surface area is 177 Å². The summed E-state index contributed by atoms with van der Waals surface area (Å²) in [7, 11) is 0. The van der Waals surface area contributed by atoms with Crippen molar-refractivity contribution in [2.45, 2.75) is 31.9 Å². The Hall–Kier alpha value is -2.27. The van der Waals surface area contributed by atoms with Crippen molar-refractivity contribution in [1.82, 2.24) is 4.90 Å². The topological polar surface area (TPSA) is 40.6 Å². The van der Waals surface area contributed by atoms with E-state index in [0.29, 0.717) is 18.2 Å². The summed E-state index contributed by atoms with van der Waals surface area (Å²) in [6.07, 6.45) is 1.28. The van der Waals surface area contributed by atoms with Crippen LogP contribution in [-0.4, -0.2) is 42.1 Å². The fourth-order valence-corrected chi connectivity index (χ4v) is 5.43. The average molecular weight is 409 g/mol. The molecule has 2 saturated heterocycles. The molecule has 152 valence electrons. The number of carbonyl (C=O) groups excluding carboxylic acids is 2. The number of rotatable bonds is 3. The summed E-state index contributed by atoms with van der Waals surface area (Å²) in [5, 5.41) is 0.436. The lowest BCUT2D eigenvalue weighted by atomic mass is 10.1. The van der Waals surface area contributed by atoms with E-state index in [1.807, 2.05) is 40.9 Å². The van der Waals surface area contributed by atoms with Crippen LogP contribution in [-0.2, 0) is 9.59 Å². The van der Waals surface area contributed by atoms with E-state index in [1.54, 1.807) is 4.90 Å². The van der Waals surface area contributed by atoms with Gasteiger partial charge in [0.2, 0.25) is 11.8 Å². The third-order valence-corrected chi connectivity index (χ3v) is 7.43. The zero-order valence-electron chi connectivity index (χ0n) is 17.1. The zero-order valence-corrected chi connectivity index (χ0v) is 18.0. The van der Waals surface area contributed by atoms with Gasteiger partial charge in [-0.2, -0.15) is 11.8 Å². The molecule has 2 amide bonds. The van der Waals surface area contributed by atoms with E-state index < -0.39 is 0 Å². The molecule has 0 bridgehead atoms. The van der Waals surface area contributed by atoms with Crippen molar-refractivity contribution in [3.63, 3.8) is 0 Å². The predicted octanol–water partition coefficient (Wildman–Crippen LogP) is 4.36. The Balaban J connectivity index is 1.41. The zero-order chi connectivity index (χ0) is 20.4. The number of anilines is 1. The van der Waals surface area contributed by atoms with Crippen LogP contribution in [0.2, 0.25) is 0 Å². The summed E-state index contributed by atoms with van der Waals surface area (Å²) in [6.45, 7) is 6.14. The molecule has 5 heteroatoms. The molecule has 2 aliphatic rings. The number of thioether (sulfide) groups is 1. The van der Waals surface area contributed by atoms with Gasteiger partial charge in [-0.05, 0) is 49.1 Å². The third-order valence-electron chi connectivity index (χ3n) is 6.10. The minimum absolute atomic E-state index is 0.0537. The molecule has 0 spiro atoms. The number of aryl methyl sites for hydroxylation is 2. The van der Waals surface area contributed by atoms with Crippen molar-refractivity contribution in [3.8, 4) is 0 Å². The molecule has 0 aliphatic carbocycles. The van der Waals surface area contributed by atoms with Gasteiger partial charge in [0.1, 0.15) is 0 Å². The number of hydrogen-bond donors (Lipinski definition) is 0. The molecule has 29 heavy (non-hydrogen) atoms. The molecule has 0 saturated carbocycles. The van der Waals surface area contributed by atoms with Gasteiger partial charge in [0.15, 0.2) is 0 Å². The Morgan fingerprint density at radius 1 is 1.03 bits per heavy atom. The summed E-state index contributed by atoms with van der Waals surface area (Å²) >= 11 is 1.93. The van der Waals surface area contributed by atoms with Crippen LogP contribution in [0.5, 0.6) is 0 Å². The second-order valence-corrected chi connectivity index (χ2v) is 9.37. The molecule has 0 aromatic heterocycles. The van der Waals surface area contributed by atoms with Gasteiger partial charge in [-0.1, -0.05) is 36.4 Å². The first kappa shape index (κ1) is 20.0. The number of benzene rings is 2. The van der Waals surface area contributed by atoms with Gasteiger partial charge in [-0.3, -0.25) is 9.59 Å². The predicted molar refractivity (Wildman–Crippen MR) is 119 cm³/mol. The molecule has 2 aromatic carbocycles. The molecule has 2 unspecified atom stereocenters. The minimum atomic E-state index is -0.234. The van der Waals surface area contributed by atoms with Crippen LogP contribution in [0.4, 0.5) is 5.69 Å². The second kappa shape index (κ2) is 8.62. The number of amides is 2. The standard InChI is InChI=1S/C24H28N2O2S/c1-17-8-9-21(14-18(17)2)26-16-20(15-23(26)27)24(28)25-11-10-22(29-13-12-25)19-6-4-3-5-7-19/h3-9,14,20,22H,10-13,15-16H2,1-2H3. The molecule has 2 aliphatic heterocycles. The first-order valence-corrected chi connectivity index (χ1v) is 11.4. The number of carbonyl (C=O) groups is 2. The van der Waals surface area contributed by atoms with Crippen LogP contribution in [0.3, 0.4) is 0 Å². The van der Waals surface area contributed by atoms with Gasteiger partial charge in [-0.25, -0.2) is 0 Å². The lowest BCUT2D eigenvalue weighted by molar-refractivity contribution is -0.135. The van der Waals surface area contributed by atoms with E-state index >= 15 is 0 Å². The Bertz CT molecular complexity index is 899. The van der Waals surface area contributed by atoms with Crippen LogP contribution in [0.1, 0.15) is 34.8 Å². The molecule has 2 heterocycles. The lowest BCUT2D eigenvalue weighted by Crippen LogP contribution is -2.38. The van der Waals surface area contributed by atoms with Crippen molar-refractivity contribution in [1.29, 1.82) is 0 Å². The van der Waals surface area contributed by atoms with Crippen LogP contribution in [0.15, 0.2) is 48.5 Å². The summed E-state index contributed by atoms with van der Waals surface area (Å²) in [6, 6.07) is 16.6. The summed E-state index contributed by atoms with van der Waals surface area (Å²) < 4.78 is 0. The highest BCUT2D eigenvalue weighted by atomic mass is 32.2. The molecular weight excluding hydrogens is 380 g/mol. The van der Waals surface area contributed by atoms with Crippen molar-refractivity contribution in [2.24, 2.45) is 5.92 Å². The first-order chi connectivity index (χ1) is 14.0. The maximum atomic E-state index is 13.2. The van der Waals surface area contributed by atoms with Crippen LogP contribution < -0.4 is 4.90 Å².